The third kappa shape index (κ3) is 5.13. The summed E-state index contributed by atoms with van der Waals surface area (Å²) in [5.41, 5.74) is 1.05. The molecule has 0 radical (unpaired) electrons. The largest absolute Gasteiger partial charge is 0.497 e. The van der Waals surface area contributed by atoms with Crippen LogP contribution in [0.25, 0.3) is 0 Å². The van der Waals surface area contributed by atoms with Crippen molar-refractivity contribution in [2.75, 3.05) is 7.11 Å². The van der Waals surface area contributed by atoms with Gasteiger partial charge < -0.3 is 14.8 Å². The minimum Gasteiger partial charge on any atom is -0.497 e. The Morgan fingerprint density at radius 1 is 1.04 bits per heavy atom. The van der Waals surface area contributed by atoms with Gasteiger partial charge in [0.25, 0.3) is 5.91 Å². The summed E-state index contributed by atoms with van der Waals surface area (Å²) in [6, 6.07) is 11.1. The second-order valence-corrected chi connectivity index (χ2v) is 6.52. The lowest BCUT2D eigenvalue weighted by atomic mass is 10.1. The zero-order chi connectivity index (χ0) is 19.3. The predicted molar refractivity (Wildman–Crippen MR) is 101 cm³/mol. The minimum absolute atomic E-state index is 0.333. The molecule has 0 aliphatic heterocycles. The zero-order valence-corrected chi connectivity index (χ0v) is 16.1. The number of carbonyl (C=O) groups excluding carboxylic acids is 2. The van der Waals surface area contributed by atoms with Crippen molar-refractivity contribution in [3.8, 4) is 5.75 Å². The van der Waals surface area contributed by atoms with Gasteiger partial charge in [0, 0.05) is 10.0 Å². The van der Waals surface area contributed by atoms with Crippen LogP contribution in [0.5, 0.6) is 5.75 Å². The van der Waals surface area contributed by atoms with Crippen molar-refractivity contribution in [3.05, 3.63) is 63.6 Å². The number of benzene rings is 2. The molecule has 0 aliphatic carbocycles. The lowest BCUT2D eigenvalue weighted by molar-refractivity contribution is -0.129. The summed E-state index contributed by atoms with van der Waals surface area (Å²) in [6.45, 7) is 3.29. The van der Waals surface area contributed by atoms with Crippen LogP contribution < -0.4 is 10.1 Å². The number of hydrogen-bond donors (Lipinski definition) is 1. The van der Waals surface area contributed by atoms with Gasteiger partial charge in [-0.15, -0.1) is 0 Å². The summed E-state index contributed by atoms with van der Waals surface area (Å²) in [5.74, 6) is -0.390. The SMILES string of the molecule is COc1ccc(C(=O)O[C@H](C)C(=O)N[C@H](C)c2ccc(Cl)cc2Cl)cc1. The van der Waals surface area contributed by atoms with Crippen molar-refractivity contribution < 1.29 is 19.1 Å². The smallest absolute Gasteiger partial charge is 0.338 e. The molecule has 0 saturated carbocycles. The van der Waals surface area contributed by atoms with Gasteiger partial charge in [-0.2, -0.15) is 0 Å². The lowest BCUT2D eigenvalue weighted by Crippen LogP contribution is -2.37. The van der Waals surface area contributed by atoms with Crippen LogP contribution >= 0.6 is 23.2 Å². The summed E-state index contributed by atoms with van der Waals surface area (Å²) in [5, 5.41) is 3.73. The molecular weight excluding hydrogens is 377 g/mol. The van der Waals surface area contributed by atoms with E-state index >= 15 is 0 Å². The first kappa shape index (κ1) is 20.1. The number of amides is 1. The van der Waals surface area contributed by atoms with Gasteiger partial charge in [-0.1, -0.05) is 29.3 Å². The molecule has 26 heavy (non-hydrogen) atoms. The molecule has 0 heterocycles. The molecule has 0 aromatic heterocycles. The molecule has 0 spiro atoms. The number of carbonyl (C=O) groups is 2. The van der Waals surface area contributed by atoms with E-state index in [9.17, 15) is 9.59 Å². The van der Waals surface area contributed by atoms with Crippen LogP contribution in [0.2, 0.25) is 10.0 Å². The Hall–Kier alpha value is -2.24. The summed E-state index contributed by atoms with van der Waals surface area (Å²) in [7, 11) is 1.54. The van der Waals surface area contributed by atoms with E-state index in [1.54, 1.807) is 49.4 Å². The summed E-state index contributed by atoms with van der Waals surface area (Å²) in [6.07, 6.45) is -0.960. The van der Waals surface area contributed by atoms with Gasteiger partial charge in [-0.3, -0.25) is 4.79 Å². The van der Waals surface area contributed by atoms with Crippen molar-refractivity contribution >= 4 is 35.1 Å². The highest BCUT2D eigenvalue weighted by Crippen LogP contribution is 2.26. The fourth-order valence-corrected chi connectivity index (χ4v) is 2.84. The fourth-order valence-electron chi connectivity index (χ4n) is 2.27. The third-order valence-corrected chi connectivity index (χ3v) is 4.33. The van der Waals surface area contributed by atoms with Gasteiger partial charge in [0.2, 0.25) is 0 Å². The Morgan fingerprint density at radius 3 is 2.27 bits per heavy atom. The molecular formula is C19H19Cl2NO4. The number of methoxy groups -OCH3 is 1. The highest BCUT2D eigenvalue weighted by molar-refractivity contribution is 6.35. The highest BCUT2D eigenvalue weighted by Gasteiger charge is 2.21. The molecule has 0 bridgehead atoms. The van der Waals surface area contributed by atoms with Crippen molar-refractivity contribution in [1.29, 1.82) is 0 Å². The van der Waals surface area contributed by atoms with Gasteiger partial charge in [0.05, 0.1) is 18.7 Å². The Kier molecular flexibility index (Phi) is 6.89. The molecule has 0 saturated heterocycles. The summed E-state index contributed by atoms with van der Waals surface area (Å²) in [4.78, 5) is 24.4. The number of nitrogens with one attached hydrogen (secondary N) is 1. The topological polar surface area (TPSA) is 64.6 Å². The van der Waals surface area contributed by atoms with Crippen LogP contribution in [-0.2, 0) is 9.53 Å². The van der Waals surface area contributed by atoms with Crippen LogP contribution in [0.15, 0.2) is 42.5 Å². The lowest BCUT2D eigenvalue weighted by Gasteiger charge is -2.19. The van der Waals surface area contributed by atoms with Crippen molar-refractivity contribution in [3.63, 3.8) is 0 Å². The number of halogens is 2. The van der Waals surface area contributed by atoms with E-state index in [4.69, 9.17) is 32.7 Å². The van der Waals surface area contributed by atoms with Crippen molar-refractivity contribution in [2.24, 2.45) is 0 Å². The molecule has 0 fully saturated rings. The summed E-state index contributed by atoms with van der Waals surface area (Å²) < 4.78 is 10.2. The van der Waals surface area contributed by atoms with Crippen LogP contribution in [0.4, 0.5) is 0 Å². The quantitative estimate of drug-likeness (QED) is 0.734. The Labute approximate surface area is 162 Å². The van der Waals surface area contributed by atoms with E-state index in [-0.39, 0.29) is 6.04 Å². The Bertz CT molecular complexity index is 793. The molecule has 1 N–H and O–H groups in total. The van der Waals surface area contributed by atoms with Gasteiger partial charge in [0.15, 0.2) is 6.10 Å². The molecule has 2 aromatic rings. The molecule has 0 aliphatic rings. The van der Waals surface area contributed by atoms with Gasteiger partial charge >= 0.3 is 5.97 Å². The number of ether oxygens (including phenoxy) is 2. The molecule has 2 aromatic carbocycles. The zero-order valence-electron chi connectivity index (χ0n) is 14.6. The monoisotopic (exact) mass is 395 g/mol. The maximum atomic E-state index is 12.3. The molecule has 2 atom stereocenters. The van der Waals surface area contributed by atoms with Gasteiger partial charge in [-0.05, 0) is 55.8 Å². The first-order chi connectivity index (χ1) is 12.3. The average molecular weight is 396 g/mol. The van der Waals surface area contributed by atoms with E-state index in [0.717, 1.165) is 5.56 Å². The van der Waals surface area contributed by atoms with Crippen molar-refractivity contribution in [1.82, 2.24) is 5.32 Å². The maximum Gasteiger partial charge on any atom is 0.338 e. The van der Waals surface area contributed by atoms with Gasteiger partial charge in [0.1, 0.15) is 5.75 Å². The molecule has 2 rings (SSSR count). The minimum atomic E-state index is -0.960. The summed E-state index contributed by atoms with van der Waals surface area (Å²) >= 11 is 12.0. The van der Waals surface area contributed by atoms with Crippen LogP contribution in [0, 0.1) is 0 Å². The normalized spacial score (nSPS) is 12.8. The second kappa shape index (κ2) is 8.92. The Morgan fingerprint density at radius 2 is 1.69 bits per heavy atom. The second-order valence-electron chi connectivity index (χ2n) is 5.67. The molecule has 0 unspecified atom stereocenters. The average Bonchev–Trinajstić information content (AvgIpc) is 2.61. The molecule has 5 nitrogen and oxygen atoms in total. The fraction of sp³-hybridized carbons (Fsp3) is 0.263. The first-order valence-electron chi connectivity index (χ1n) is 7.92. The van der Waals surface area contributed by atoms with Crippen LogP contribution in [0.3, 0.4) is 0 Å². The van der Waals surface area contributed by atoms with Crippen LogP contribution in [-0.4, -0.2) is 25.1 Å². The molecule has 7 heteroatoms. The van der Waals surface area contributed by atoms with E-state index < -0.39 is 18.0 Å². The first-order valence-corrected chi connectivity index (χ1v) is 8.67. The third-order valence-electron chi connectivity index (χ3n) is 3.77. The number of esters is 1. The van der Waals surface area contributed by atoms with Crippen molar-refractivity contribution in [2.45, 2.75) is 26.0 Å². The van der Waals surface area contributed by atoms with E-state index in [2.05, 4.69) is 5.32 Å². The maximum absolute atomic E-state index is 12.3. The predicted octanol–water partition coefficient (Wildman–Crippen LogP) is 4.42. The standard InChI is InChI=1S/C19H19Cl2NO4/c1-11(16-9-6-14(20)10-17(16)21)22-18(23)12(2)26-19(24)13-4-7-15(25-3)8-5-13/h4-12H,1-3H3,(H,22,23)/t11-,12-/m1/s1. The van der Waals surface area contributed by atoms with E-state index in [1.165, 1.54) is 14.0 Å². The highest BCUT2D eigenvalue weighted by atomic mass is 35.5. The van der Waals surface area contributed by atoms with E-state index in [0.29, 0.717) is 21.4 Å². The van der Waals surface area contributed by atoms with E-state index in [1.807, 2.05) is 0 Å². The molecule has 1 amide bonds. The number of hydrogen-bond acceptors (Lipinski definition) is 4. The van der Waals surface area contributed by atoms with Gasteiger partial charge in [-0.25, -0.2) is 4.79 Å². The van der Waals surface area contributed by atoms with Crippen LogP contribution in [0.1, 0.15) is 35.8 Å². The molecule has 138 valence electrons. The number of rotatable bonds is 6. The Balaban J connectivity index is 1.96.